The van der Waals surface area contributed by atoms with Gasteiger partial charge in [0.2, 0.25) is 0 Å². The molecule has 0 radical (unpaired) electrons. The third-order valence-electron chi connectivity index (χ3n) is 2.47. The summed E-state index contributed by atoms with van der Waals surface area (Å²) in [6, 6.07) is 2.05. The highest BCUT2D eigenvalue weighted by molar-refractivity contribution is 5.26. The first kappa shape index (κ1) is 10.9. The standard InChI is InChI=1S/C12H18N2/c1-4-9(2)7-12(13)11-5-6-14-8-10(11)3/h5-6,8,12H,2,4,7,13H2,1,3H3. The molecule has 0 saturated carbocycles. The summed E-state index contributed by atoms with van der Waals surface area (Å²) in [6.07, 6.45) is 5.50. The van der Waals surface area contributed by atoms with E-state index in [0.717, 1.165) is 18.4 Å². The number of rotatable bonds is 4. The minimum absolute atomic E-state index is 0.0606. The zero-order chi connectivity index (χ0) is 10.6. The molecule has 0 aliphatic carbocycles. The second kappa shape index (κ2) is 4.91. The van der Waals surface area contributed by atoms with Crippen LogP contribution in [0.1, 0.15) is 36.9 Å². The van der Waals surface area contributed by atoms with E-state index >= 15 is 0 Å². The molecule has 0 aromatic carbocycles. The van der Waals surface area contributed by atoms with Crippen molar-refractivity contribution in [2.45, 2.75) is 32.7 Å². The first-order valence-corrected chi connectivity index (χ1v) is 4.98. The van der Waals surface area contributed by atoms with Crippen LogP contribution in [0.4, 0.5) is 0 Å². The third kappa shape index (κ3) is 2.67. The van der Waals surface area contributed by atoms with Crippen LogP contribution in [0.15, 0.2) is 30.6 Å². The molecule has 1 aromatic rings. The van der Waals surface area contributed by atoms with Crippen LogP contribution in [0.25, 0.3) is 0 Å². The molecule has 1 rings (SSSR count). The molecular weight excluding hydrogens is 172 g/mol. The molecule has 0 aliphatic heterocycles. The molecule has 0 amide bonds. The lowest BCUT2D eigenvalue weighted by Crippen LogP contribution is -2.12. The fourth-order valence-electron chi connectivity index (χ4n) is 1.47. The van der Waals surface area contributed by atoms with E-state index in [4.69, 9.17) is 5.73 Å². The normalized spacial score (nSPS) is 12.5. The Morgan fingerprint density at radius 3 is 2.93 bits per heavy atom. The van der Waals surface area contributed by atoms with Gasteiger partial charge in [0.25, 0.3) is 0 Å². The van der Waals surface area contributed by atoms with Gasteiger partial charge in [-0.05, 0) is 37.0 Å². The number of aromatic nitrogens is 1. The van der Waals surface area contributed by atoms with Gasteiger partial charge in [-0.2, -0.15) is 0 Å². The monoisotopic (exact) mass is 190 g/mol. The molecule has 76 valence electrons. The van der Waals surface area contributed by atoms with Gasteiger partial charge in [0, 0.05) is 18.4 Å². The molecule has 2 heteroatoms. The quantitative estimate of drug-likeness (QED) is 0.741. The van der Waals surface area contributed by atoms with E-state index in [1.165, 1.54) is 11.1 Å². The lowest BCUT2D eigenvalue weighted by molar-refractivity contribution is 0.695. The molecule has 14 heavy (non-hydrogen) atoms. The fourth-order valence-corrected chi connectivity index (χ4v) is 1.47. The van der Waals surface area contributed by atoms with Crippen molar-refractivity contribution < 1.29 is 0 Å². The van der Waals surface area contributed by atoms with Crippen LogP contribution in [0.5, 0.6) is 0 Å². The van der Waals surface area contributed by atoms with Crippen LogP contribution in [0, 0.1) is 6.92 Å². The average Bonchev–Trinajstić information content (AvgIpc) is 2.18. The number of nitrogens with two attached hydrogens (primary N) is 1. The summed E-state index contributed by atoms with van der Waals surface area (Å²) in [5.74, 6) is 0. The van der Waals surface area contributed by atoms with Crippen molar-refractivity contribution >= 4 is 0 Å². The van der Waals surface area contributed by atoms with Gasteiger partial charge in [-0.1, -0.05) is 19.1 Å². The Bertz CT molecular complexity index is 318. The van der Waals surface area contributed by atoms with Crippen LogP contribution >= 0.6 is 0 Å². The van der Waals surface area contributed by atoms with Crippen LogP contribution in [0.3, 0.4) is 0 Å². The van der Waals surface area contributed by atoms with Crippen LogP contribution in [0.2, 0.25) is 0 Å². The molecule has 0 saturated heterocycles. The van der Waals surface area contributed by atoms with Gasteiger partial charge < -0.3 is 5.73 Å². The molecule has 0 fully saturated rings. The highest BCUT2D eigenvalue weighted by Crippen LogP contribution is 2.21. The molecule has 0 spiro atoms. The molecule has 0 bridgehead atoms. The van der Waals surface area contributed by atoms with Crippen LogP contribution in [-0.2, 0) is 0 Å². The molecule has 2 N–H and O–H groups in total. The van der Waals surface area contributed by atoms with Crippen molar-refractivity contribution in [2.24, 2.45) is 5.73 Å². The number of hydrogen-bond acceptors (Lipinski definition) is 2. The zero-order valence-corrected chi connectivity index (χ0v) is 8.96. The van der Waals surface area contributed by atoms with Gasteiger partial charge in [0.15, 0.2) is 0 Å². The van der Waals surface area contributed by atoms with Gasteiger partial charge >= 0.3 is 0 Å². The van der Waals surface area contributed by atoms with Gasteiger partial charge in [0.05, 0.1) is 0 Å². The van der Waals surface area contributed by atoms with E-state index in [1.54, 1.807) is 6.20 Å². The maximum Gasteiger partial charge on any atom is 0.0336 e. The number of nitrogens with zero attached hydrogens (tertiary/aromatic N) is 1. The Labute approximate surface area is 85.9 Å². The van der Waals surface area contributed by atoms with Crippen LogP contribution in [-0.4, -0.2) is 4.98 Å². The van der Waals surface area contributed by atoms with Gasteiger partial charge in [0.1, 0.15) is 0 Å². The summed E-state index contributed by atoms with van der Waals surface area (Å²) < 4.78 is 0. The Morgan fingerprint density at radius 1 is 1.64 bits per heavy atom. The summed E-state index contributed by atoms with van der Waals surface area (Å²) in [5, 5.41) is 0. The van der Waals surface area contributed by atoms with E-state index in [-0.39, 0.29) is 6.04 Å². The van der Waals surface area contributed by atoms with E-state index in [9.17, 15) is 0 Å². The van der Waals surface area contributed by atoms with Crippen molar-refractivity contribution in [1.82, 2.24) is 4.98 Å². The smallest absolute Gasteiger partial charge is 0.0336 e. The van der Waals surface area contributed by atoms with E-state index in [2.05, 4.69) is 18.5 Å². The molecule has 1 atom stereocenters. The summed E-state index contributed by atoms with van der Waals surface area (Å²) in [6.45, 7) is 8.12. The second-order valence-corrected chi connectivity index (χ2v) is 3.65. The van der Waals surface area contributed by atoms with E-state index in [1.807, 2.05) is 19.2 Å². The topological polar surface area (TPSA) is 38.9 Å². The van der Waals surface area contributed by atoms with Crippen molar-refractivity contribution in [2.75, 3.05) is 0 Å². The van der Waals surface area contributed by atoms with Crippen molar-refractivity contribution in [3.05, 3.63) is 41.7 Å². The lowest BCUT2D eigenvalue weighted by atomic mass is 9.97. The molecule has 0 aliphatic rings. The third-order valence-corrected chi connectivity index (χ3v) is 2.47. The average molecular weight is 190 g/mol. The molecule has 1 unspecified atom stereocenters. The van der Waals surface area contributed by atoms with Crippen molar-refractivity contribution in [3.8, 4) is 0 Å². The molecule has 1 heterocycles. The first-order valence-electron chi connectivity index (χ1n) is 4.98. The zero-order valence-electron chi connectivity index (χ0n) is 8.96. The Kier molecular flexibility index (Phi) is 3.84. The summed E-state index contributed by atoms with van der Waals surface area (Å²) in [7, 11) is 0. The predicted molar refractivity (Wildman–Crippen MR) is 60.0 cm³/mol. The van der Waals surface area contributed by atoms with E-state index < -0.39 is 0 Å². The van der Waals surface area contributed by atoms with Gasteiger partial charge in [-0.3, -0.25) is 4.98 Å². The SMILES string of the molecule is C=C(CC)CC(N)c1ccncc1C. The van der Waals surface area contributed by atoms with E-state index in [0.29, 0.717) is 0 Å². The summed E-state index contributed by atoms with van der Waals surface area (Å²) in [4.78, 5) is 4.05. The number of aryl methyl sites for hydroxylation is 1. The maximum atomic E-state index is 6.08. The summed E-state index contributed by atoms with van der Waals surface area (Å²) in [5.41, 5.74) is 9.62. The first-order chi connectivity index (χ1) is 6.65. The molecular formula is C12H18N2. The summed E-state index contributed by atoms with van der Waals surface area (Å²) >= 11 is 0. The molecule has 1 aromatic heterocycles. The fraction of sp³-hybridized carbons (Fsp3) is 0.417. The predicted octanol–water partition coefficient (Wildman–Crippen LogP) is 2.75. The van der Waals surface area contributed by atoms with Gasteiger partial charge in [-0.25, -0.2) is 0 Å². The van der Waals surface area contributed by atoms with Crippen molar-refractivity contribution in [1.29, 1.82) is 0 Å². The van der Waals surface area contributed by atoms with Gasteiger partial charge in [-0.15, -0.1) is 0 Å². The number of hydrogen-bond donors (Lipinski definition) is 1. The minimum Gasteiger partial charge on any atom is -0.324 e. The Balaban J connectivity index is 2.74. The van der Waals surface area contributed by atoms with Crippen molar-refractivity contribution in [3.63, 3.8) is 0 Å². The highest BCUT2D eigenvalue weighted by atomic mass is 14.7. The Hall–Kier alpha value is -1.15. The van der Waals surface area contributed by atoms with Crippen LogP contribution < -0.4 is 5.73 Å². The molecule has 2 nitrogen and oxygen atoms in total. The highest BCUT2D eigenvalue weighted by Gasteiger charge is 2.09. The number of pyridine rings is 1. The maximum absolute atomic E-state index is 6.08. The Morgan fingerprint density at radius 2 is 2.36 bits per heavy atom. The lowest BCUT2D eigenvalue weighted by Gasteiger charge is -2.14. The largest absolute Gasteiger partial charge is 0.324 e. The second-order valence-electron chi connectivity index (χ2n) is 3.65. The minimum atomic E-state index is 0.0606.